The molecule has 0 amide bonds. The van der Waals surface area contributed by atoms with E-state index >= 15 is 0 Å². The first-order valence-electron chi connectivity index (χ1n) is 11.5. The number of aromatic nitrogens is 5. The summed E-state index contributed by atoms with van der Waals surface area (Å²) in [6.07, 6.45) is 7.24. The number of ether oxygens (including phenoxy) is 1. The summed E-state index contributed by atoms with van der Waals surface area (Å²) in [5.41, 5.74) is 2.92. The van der Waals surface area contributed by atoms with Crippen molar-refractivity contribution >= 4 is 10.9 Å². The van der Waals surface area contributed by atoms with Gasteiger partial charge in [0.25, 0.3) is 5.56 Å². The van der Waals surface area contributed by atoms with Crippen LogP contribution in [0.4, 0.5) is 0 Å². The van der Waals surface area contributed by atoms with Crippen LogP contribution in [0.2, 0.25) is 0 Å². The van der Waals surface area contributed by atoms with Crippen LogP contribution in [0.15, 0.2) is 29.1 Å². The molecule has 2 fully saturated rings. The van der Waals surface area contributed by atoms with Crippen LogP contribution >= 0.6 is 0 Å². The predicted octanol–water partition coefficient (Wildman–Crippen LogP) is 1.53. The number of nitrogens with one attached hydrogen (secondary N) is 2. The van der Waals surface area contributed by atoms with Gasteiger partial charge in [0, 0.05) is 12.1 Å². The third kappa shape index (κ3) is 4.55. The number of H-pyrrole nitrogens is 1. The Kier molecular flexibility index (Phi) is 5.82. The molecule has 1 aliphatic carbocycles. The van der Waals surface area contributed by atoms with Crippen LogP contribution in [-0.4, -0.2) is 43.9 Å². The Labute approximate surface area is 181 Å². The first-order valence-corrected chi connectivity index (χ1v) is 11.5. The number of tetrazole rings is 1. The fourth-order valence-electron chi connectivity index (χ4n) is 5.11. The van der Waals surface area contributed by atoms with Crippen LogP contribution in [0.3, 0.4) is 0 Å². The molecule has 1 unspecified atom stereocenters. The SMILES string of the molecule is Cc1ccc2[nH]c(=O)c(C[NH+](Cc3nnnn3C[C@@H]3CCCO3)C3CCCC3)cc2c1. The molecule has 2 atom stereocenters. The van der Waals surface area contributed by atoms with E-state index in [1.807, 2.05) is 16.8 Å². The number of hydrogen-bond acceptors (Lipinski definition) is 5. The third-order valence-corrected chi connectivity index (χ3v) is 6.82. The van der Waals surface area contributed by atoms with E-state index in [9.17, 15) is 4.79 Å². The molecule has 8 heteroatoms. The van der Waals surface area contributed by atoms with Crippen molar-refractivity contribution in [1.82, 2.24) is 25.2 Å². The normalized spacial score (nSPS) is 20.6. The summed E-state index contributed by atoms with van der Waals surface area (Å²) in [5, 5.41) is 13.6. The Bertz CT molecular complexity index is 1090. The zero-order valence-corrected chi connectivity index (χ0v) is 18.1. The molecular formula is C23H31N6O2+. The number of quaternary nitrogens is 1. The second-order valence-electron chi connectivity index (χ2n) is 9.12. The van der Waals surface area contributed by atoms with E-state index in [4.69, 9.17) is 4.74 Å². The minimum Gasteiger partial charge on any atom is -0.376 e. The van der Waals surface area contributed by atoms with E-state index in [0.717, 1.165) is 48.3 Å². The number of hydrogen-bond donors (Lipinski definition) is 2. The number of aryl methyl sites for hydroxylation is 1. The predicted molar refractivity (Wildman–Crippen MR) is 117 cm³/mol. The standard InChI is InChI=1S/C23H30N6O2/c1-16-8-9-21-17(11-16)12-18(23(30)24-21)13-28(19-5-2-3-6-19)15-22-25-26-27-29(22)14-20-7-4-10-31-20/h8-9,11-12,19-20H,2-7,10,13-15H2,1H3,(H,24,30)/p+1/t20-/m0/s1. The lowest BCUT2D eigenvalue weighted by molar-refractivity contribution is -0.952. The molecule has 2 aliphatic rings. The Morgan fingerprint density at radius 1 is 1.16 bits per heavy atom. The molecule has 0 bridgehead atoms. The molecule has 1 saturated carbocycles. The zero-order chi connectivity index (χ0) is 21.2. The van der Waals surface area contributed by atoms with Crippen molar-refractivity contribution < 1.29 is 9.64 Å². The second kappa shape index (κ2) is 8.88. The number of fused-ring (bicyclic) bond motifs is 1. The van der Waals surface area contributed by atoms with Gasteiger partial charge in [-0.15, -0.1) is 5.10 Å². The van der Waals surface area contributed by atoms with Gasteiger partial charge in [0.15, 0.2) is 0 Å². The number of nitrogens with zero attached hydrogens (tertiary/aromatic N) is 4. The molecule has 3 aromatic rings. The molecule has 3 heterocycles. The van der Waals surface area contributed by atoms with E-state index in [-0.39, 0.29) is 11.7 Å². The summed E-state index contributed by atoms with van der Waals surface area (Å²) in [4.78, 5) is 17.3. The summed E-state index contributed by atoms with van der Waals surface area (Å²) in [7, 11) is 0. The fraction of sp³-hybridized carbons (Fsp3) is 0.565. The molecule has 1 aromatic carbocycles. The van der Waals surface area contributed by atoms with Crippen molar-refractivity contribution in [2.75, 3.05) is 6.61 Å². The maximum atomic E-state index is 12.8. The molecule has 31 heavy (non-hydrogen) atoms. The van der Waals surface area contributed by atoms with Crippen LogP contribution in [0.5, 0.6) is 0 Å². The zero-order valence-electron chi connectivity index (χ0n) is 18.1. The van der Waals surface area contributed by atoms with Gasteiger partial charge in [-0.3, -0.25) is 4.79 Å². The minimum atomic E-state index is 0.00537. The Morgan fingerprint density at radius 3 is 2.84 bits per heavy atom. The van der Waals surface area contributed by atoms with Crippen molar-refractivity contribution in [2.24, 2.45) is 0 Å². The van der Waals surface area contributed by atoms with E-state index in [2.05, 4.69) is 39.6 Å². The van der Waals surface area contributed by atoms with Crippen molar-refractivity contribution in [1.29, 1.82) is 0 Å². The highest BCUT2D eigenvalue weighted by molar-refractivity contribution is 5.79. The second-order valence-corrected chi connectivity index (χ2v) is 9.12. The van der Waals surface area contributed by atoms with Crippen LogP contribution < -0.4 is 10.5 Å². The van der Waals surface area contributed by atoms with Gasteiger partial charge in [-0.25, -0.2) is 4.68 Å². The van der Waals surface area contributed by atoms with Gasteiger partial charge in [0.2, 0.25) is 5.82 Å². The number of pyridine rings is 1. The molecule has 1 aliphatic heterocycles. The number of rotatable bonds is 7. The molecule has 5 rings (SSSR count). The first kappa shape index (κ1) is 20.3. The molecule has 1 saturated heterocycles. The Balaban J connectivity index is 1.40. The highest BCUT2D eigenvalue weighted by Crippen LogP contribution is 2.18. The van der Waals surface area contributed by atoms with E-state index in [0.29, 0.717) is 19.1 Å². The largest absolute Gasteiger partial charge is 0.376 e. The van der Waals surface area contributed by atoms with E-state index in [1.165, 1.54) is 36.1 Å². The summed E-state index contributed by atoms with van der Waals surface area (Å²) in [6, 6.07) is 8.73. The lowest BCUT2D eigenvalue weighted by atomic mass is 10.1. The minimum absolute atomic E-state index is 0.00537. The first-order chi connectivity index (χ1) is 15.2. The van der Waals surface area contributed by atoms with Gasteiger partial charge in [-0.1, -0.05) is 11.6 Å². The summed E-state index contributed by atoms with van der Waals surface area (Å²) in [5.74, 6) is 0.880. The lowest BCUT2D eigenvalue weighted by Gasteiger charge is -2.25. The monoisotopic (exact) mass is 423 g/mol. The van der Waals surface area contributed by atoms with Gasteiger partial charge >= 0.3 is 0 Å². The van der Waals surface area contributed by atoms with Crippen LogP contribution in [-0.2, 0) is 24.4 Å². The molecule has 2 aromatic heterocycles. The molecule has 164 valence electrons. The Hall–Kier alpha value is -2.58. The van der Waals surface area contributed by atoms with Gasteiger partial charge in [-0.05, 0) is 79.5 Å². The smallest absolute Gasteiger partial charge is 0.257 e. The molecule has 2 N–H and O–H groups in total. The third-order valence-electron chi connectivity index (χ3n) is 6.82. The van der Waals surface area contributed by atoms with Gasteiger partial charge in [-0.2, -0.15) is 0 Å². The van der Waals surface area contributed by atoms with Crippen LogP contribution in [0, 0.1) is 6.92 Å². The van der Waals surface area contributed by atoms with Gasteiger partial charge in [0.1, 0.15) is 13.1 Å². The molecular weight excluding hydrogens is 392 g/mol. The van der Waals surface area contributed by atoms with Crippen molar-refractivity contribution in [3.63, 3.8) is 0 Å². The summed E-state index contributed by atoms with van der Waals surface area (Å²) in [6.45, 7) is 5.00. The van der Waals surface area contributed by atoms with Crippen LogP contribution in [0.25, 0.3) is 10.9 Å². The Morgan fingerprint density at radius 2 is 2.03 bits per heavy atom. The topological polar surface area (TPSA) is 90.1 Å². The van der Waals surface area contributed by atoms with Crippen molar-refractivity contribution in [2.45, 2.75) is 77.2 Å². The maximum absolute atomic E-state index is 12.8. The highest BCUT2D eigenvalue weighted by atomic mass is 16.5. The van der Waals surface area contributed by atoms with Crippen molar-refractivity contribution in [3.05, 3.63) is 51.6 Å². The molecule has 8 nitrogen and oxygen atoms in total. The number of aromatic amines is 1. The molecule has 0 radical (unpaired) electrons. The quantitative estimate of drug-likeness (QED) is 0.602. The highest BCUT2D eigenvalue weighted by Gasteiger charge is 2.29. The average molecular weight is 424 g/mol. The van der Waals surface area contributed by atoms with E-state index < -0.39 is 0 Å². The van der Waals surface area contributed by atoms with Gasteiger partial charge in [0.05, 0.1) is 24.3 Å². The van der Waals surface area contributed by atoms with Crippen LogP contribution in [0.1, 0.15) is 55.5 Å². The van der Waals surface area contributed by atoms with Crippen molar-refractivity contribution in [3.8, 4) is 0 Å². The van der Waals surface area contributed by atoms with E-state index in [1.54, 1.807) is 0 Å². The fourth-order valence-corrected chi connectivity index (χ4v) is 5.11. The molecule has 0 spiro atoms. The average Bonchev–Trinajstić information content (AvgIpc) is 3.52. The summed E-state index contributed by atoms with van der Waals surface area (Å²) < 4.78 is 7.68. The summed E-state index contributed by atoms with van der Waals surface area (Å²) >= 11 is 0. The maximum Gasteiger partial charge on any atom is 0.257 e. The number of benzene rings is 1. The van der Waals surface area contributed by atoms with Gasteiger partial charge < -0.3 is 14.6 Å². The lowest BCUT2D eigenvalue weighted by Crippen LogP contribution is -3.13.